The number of halogens is 2. The summed E-state index contributed by atoms with van der Waals surface area (Å²) in [5.41, 5.74) is 0.852. The molecule has 3 rings (SSSR count). The molecular weight excluding hydrogens is 441 g/mol. The molecule has 31 heavy (non-hydrogen) atoms. The van der Waals surface area contributed by atoms with Gasteiger partial charge in [0.25, 0.3) is 5.91 Å². The molecule has 1 saturated heterocycles. The normalized spacial score (nSPS) is 18.4. The summed E-state index contributed by atoms with van der Waals surface area (Å²) in [7, 11) is 1.50. The number of benzene rings is 2. The van der Waals surface area contributed by atoms with Crippen molar-refractivity contribution < 1.29 is 23.9 Å². The predicted octanol–water partition coefficient (Wildman–Crippen LogP) is 4.16. The molecule has 1 aliphatic heterocycles. The second kappa shape index (κ2) is 10.1. The minimum absolute atomic E-state index is 0.157. The average Bonchev–Trinajstić information content (AvgIpc) is 3.02. The average molecular weight is 462 g/mol. The van der Waals surface area contributed by atoms with E-state index in [0.29, 0.717) is 28.5 Å². The highest BCUT2D eigenvalue weighted by Crippen LogP contribution is 2.40. The van der Waals surface area contributed by atoms with Gasteiger partial charge in [0.05, 0.1) is 22.7 Å². The van der Waals surface area contributed by atoms with E-state index in [1.165, 1.54) is 12.0 Å². The fraction of sp³-hybridized carbons (Fsp3) is 0.261. The van der Waals surface area contributed by atoms with E-state index in [0.717, 1.165) is 0 Å². The number of ether oxygens (including phenoxy) is 2. The lowest BCUT2D eigenvalue weighted by molar-refractivity contribution is -0.141. The zero-order valence-corrected chi connectivity index (χ0v) is 18.4. The maximum atomic E-state index is 13.3. The second-order valence-electron chi connectivity index (χ2n) is 6.94. The van der Waals surface area contributed by atoms with Gasteiger partial charge in [-0.05, 0) is 42.0 Å². The highest BCUT2D eigenvalue weighted by atomic mass is 35.5. The largest absolute Gasteiger partial charge is 0.490 e. The molecule has 6 nitrogen and oxygen atoms in total. The van der Waals surface area contributed by atoms with Crippen LogP contribution in [0.3, 0.4) is 0 Å². The molecule has 162 valence electrons. The van der Waals surface area contributed by atoms with Crippen molar-refractivity contribution in [3.63, 3.8) is 0 Å². The molecule has 1 heterocycles. The van der Waals surface area contributed by atoms with Gasteiger partial charge in [0.2, 0.25) is 5.78 Å². The minimum Gasteiger partial charge on any atom is -0.490 e. The van der Waals surface area contributed by atoms with Gasteiger partial charge in [-0.25, -0.2) is 0 Å². The van der Waals surface area contributed by atoms with E-state index < -0.39 is 29.4 Å². The Bertz CT molecular complexity index is 1010. The molecule has 0 saturated carbocycles. The van der Waals surface area contributed by atoms with Crippen LogP contribution in [0.1, 0.15) is 22.0 Å². The second-order valence-corrected chi connectivity index (χ2v) is 7.75. The van der Waals surface area contributed by atoms with Crippen LogP contribution in [0.5, 0.6) is 5.75 Å². The molecule has 2 aromatic rings. The van der Waals surface area contributed by atoms with Crippen LogP contribution in [0.4, 0.5) is 0 Å². The third kappa shape index (κ3) is 4.82. The van der Waals surface area contributed by atoms with Crippen molar-refractivity contribution in [2.24, 2.45) is 5.92 Å². The first kappa shape index (κ1) is 23.0. The van der Waals surface area contributed by atoms with Gasteiger partial charge < -0.3 is 14.4 Å². The van der Waals surface area contributed by atoms with E-state index in [1.54, 1.807) is 48.5 Å². The quantitative estimate of drug-likeness (QED) is 0.242. The van der Waals surface area contributed by atoms with Gasteiger partial charge in [0.15, 0.2) is 5.78 Å². The Labute approximate surface area is 190 Å². The molecule has 2 unspecified atom stereocenters. The van der Waals surface area contributed by atoms with Gasteiger partial charge in [-0.15, -0.1) is 0 Å². The first-order valence-corrected chi connectivity index (χ1v) is 10.3. The van der Waals surface area contributed by atoms with E-state index in [1.807, 2.05) is 0 Å². The summed E-state index contributed by atoms with van der Waals surface area (Å²) in [5.74, 6) is -2.58. The van der Waals surface area contributed by atoms with Crippen LogP contribution in [-0.4, -0.2) is 49.2 Å². The topological polar surface area (TPSA) is 72.9 Å². The fourth-order valence-electron chi connectivity index (χ4n) is 3.54. The van der Waals surface area contributed by atoms with E-state index in [2.05, 4.69) is 6.58 Å². The molecule has 0 bridgehead atoms. The lowest BCUT2D eigenvalue weighted by Crippen LogP contribution is -2.33. The summed E-state index contributed by atoms with van der Waals surface area (Å²) in [6, 6.07) is 10.4. The number of carbonyl (C=O) groups is 3. The van der Waals surface area contributed by atoms with Crippen LogP contribution < -0.4 is 4.74 Å². The lowest BCUT2D eigenvalue weighted by atomic mass is 9.86. The highest BCUT2D eigenvalue weighted by Gasteiger charge is 2.51. The first-order valence-electron chi connectivity index (χ1n) is 9.55. The summed E-state index contributed by atoms with van der Waals surface area (Å²) in [6.07, 6.45) is 1.61. The monoisotopic (exact) mass is 461 g/mol. The van der Waals surface area contributed by atoms with E-state index >= 15 is 0 Å². The molecule has 8 heteroatoms. The Morgan fingerprint density at radius 3 is 2.45 bits per heavy atom. The van der Waals surface area contributed by atoms with Crippen molar-refractivity contribution in [1.29, 1.82) is 0 Å². The number of rotatable bonds is 9. The van der Waals surface area contributed by atoms with Crippen LogP contribution >= 0.6 is 23.2 Å². The lowest BCUT2D eigenvalue weighted by Gasteiger charge is -2.27. The van der Waals surface area contributed by atoms with Crippen LogP contribution in [0.25, 0.3) is 0 Å². The maximum absolute atomic E-state index is 13.3. The number of nitrogens with zero attached hydrogens (tertiary/aromatic N) is 1. The number of ketones is 2. The van der Waals surface area contributed by atoms with E-state index in [-0.39, 0.29) is 18.2 Å². The van der Waals surface area contributed by atoms with Crippen molar-refractivity contribution in [3.8, 4) is 5.75 Å². The zero-order chi connectivity index (χ0) is 22.5. The Hall–Kier alpha value is -2.67. The van der Waals surface area contributed by atoms with Crippen molar-refractivity contribution >= 4 is 40.7 Å². The zero-order valence-electron chi connectivity index (χ0n) is 16.8. The maximum Gasteiger partial charge on any atom is 0.291 e. The summed E-state index contributed by atoms with van der Waals surface area (Å²) < 4.78 is 10.5. The molecular formula is C23H21Cl2NO5. The molecule has 0 spiro atoms. The van der Waals surface area contributed by atoms with E-state index in [4.69, 9.17) is 32.7 Å². The Morgan fingerprint density at radius 2 is 1.84 bits per heavy atom. The molecule has 1 amide bonds. The smallest absolute Gasteiger partial charge is 0.291 e. The summed E-state index contributed by atoms with van der Waals surface area (Å²) >= 11 is 12.2. The molecule has 0 aromatic heterocycles. The van der Waals surface area contributed by atoms with E-state index in [9.17, 15) is 14.4 Å². The third-order valence-electron chi connectivity index (χ3n) is 5.02. The van der Waals surface area contributed by atoms with Crippen molar-refractivity contribution in [1.82, 2.24) is 4.90 Å². The molecule has 2 atom stereocenters. The molecule has 0 radical (unpaired) electrons. The van der Waals surface area contributed by atoms with Gasteiger partial charge in [0, 0.05) is 19.2 Å². The van der Waals surface area contributed by atoms with Gasteiger partial charge in [-0.3, -0.25) is 14.4 Å². The SMILES string of the molecule is C=CCOc1ccc(C(=O)C2C(=O)C(=O)N(CCOC)C2c2ccc(Cl)c(Cl)c2)cc1. The Morgan fingerprint density at radius 1 is 1.13 bits per heavy atom. The van der Waals surface area contributed by atoms with Crippen LogP contribution in [0.15, 0.2) is 55.1 Å². The fourth-order valence-corrected chi connectivity index (χ4v) is 3.84. The summed E-state index contributed by atoms with van der Waals surface area (Å²) in [4.78, 5) is 40.3. The molecule has 0 N–H and O–H groups in total. The van der Waals surface area contributed by atoms with Crippen molar-refractivity contribution in [2.75, 3.05) is 26.9 Å². The third-order valence-corrected chi connectivity index (χ3v) is 5.76. The number of carbonyl (C=O) groups excluding carboxylic acids is 3. The molecule has 1 fully saturated rings. The summed E-state index contributed by atoms with van der Waals surface area (Å²) in [6.45, 7) is 4.29. The van der Waals surface area contributed by atoms with Crippen LogP contribution in [-0.2, 0) is 14.3 Å². The standard InChI is InChI=1S/C23H21Cl2NO5/c1-3-11-31-16-7-4-14(5-8-16)21(27)19-20(15-6-9-17(24)18(25)13-15)26(10-12-30-2)23(29)22(19)28/h3-9,13,19-20H,1,10-12H2,2H3. The Kier molecular flexibility index (Phi) is 7.49. The van der Waals surface area contributed by atoms with Gasteiger partial charge >= 0.3 is 0 Å². The highest BCUT2D eigenvalue weighted by molar-refractivity contribution is 6.44. The van der Waals surface area contributed by atoms with Gasteiger partial charge in [-0.2, -0.15) is 0 Å². The van der Waals surface area contributed by atoms with Gasteiger partial charge in [-0.1, -0.05) is 41.9 Å². The van der Waals surface area contributed by atoms with Crippen LogP contribution in [0.2, 0.25) is 10.0 Å². The molecule has 1 aliphatic rings. The first-order chi connectivity index (χ1) is 14.9. The molecule has 2 aromatic carbocycles. The summed E-state index contributed by atoms with van der Waals surface area (Å²) in [5, 5.41) is 0.607. The van der Waals surface area contributed by atoms with Crippen molar-refractivity contribution in [2.45, 2.75) is 6.04 Å². The Balaban J connectivity index is 1.99. The number of amides is 1. The van der Waals surface area contributed by atoms with Crippen LogP contribution in [0, 0.1) is 5.92 Å². The predicted molar refractivity (Wildman–Crippen MR) is 118 cm³/mol. The number of hydrogen-bond donors (Lipinski definition) is 0. The van der Waals surface area contributed by atoms with Gasteiger partial charge in [0.1, 0.15) is 18.3 Å². The molecule has 0 aliphatic carbocycles. The minimum atomic E-state index is -1.21. The number of likely N-dealkylation sites (tertiary alicyclic amines) is 1. The van der Waals surface area contributed by atoms with Crippen molar-refractivity contribution in [3.05, 3.63) is 76.3 Å². The number of Topliss-reactive ketones (excluding diaryl/α,β-unsaturated/α-hetero) is 2. The number of methoxy groups -OCH3 is 1. The number of hydrogen-bond acceptors (Lipinski definition) is 5.